The van der Waals surface area contributed by atoms with E-state index < -0.39 is 5.97 Å². The lowest BCUT2D eigenvalue weighted by atomic mass is 9.76. The van der Waals surface area contributed by atoms with Crippen molar-refractivity contribution in [1.82, 2.24) is 14.5 Å². The van der Waals surface area contributed by atoms with E-state index in [1.165, 1.54) is 57.8 Å². The Balaban J connectivity index is 1.33. The number of carboxylic acid groups (broad SMARTS) is 1. The smallest absolute Gasteiger partial charge is 0.303 e. The van der Waals surface area contributed by atoms with Gasteiger partial charge in [0.1, 0.15) is 11.8 Å². The lowest BCUT2D eigenvalue weighted by Gasteiger charge is -2.48. The van der Waals surface area contributed by atoms with Crippen molar-refractivity contribution in [2.75, 3.05) is 0 Å². The molecule has 4 aliphatic rings. The van der Waals surface area contributed by atoms with Crippen molar-refractivity contribution in [2.45, 2.75) is 128 Å². The number of aromatic nitrogens is 2. The predicted octanol–water partition coefficient (Wildman–Crippen LogP) is 5.92. The van der Waals surface area contributed by atoms with E-state index in [9.17, 15) is 14.7 Å². The first-order chi connectivity index (χ1) is 19.4. The van der Waals surface area contributed by atoms with Gasteiger partial charge in [-0.05, 0) is 82.8 Å². The first-order valence-electron chi connectivity index (χ1n) is 15.6. The summed E-state index contributed by atoms with van der Waals surface area (Å²) in [5.41, 5.74) is 1.92. The molecular formula is C32H44N4O4. The minimum absolute atomic E-state index is 0.0884. The molecule has 4 fully saturated rings. The largest absolute Gasteiger partial charge is 0.481 e. The number of nitrogens with zero attached hydrogens (tertiary/aromatic N) is 4. The van der Waals surface area contributed by atoms with E-state index in [0.717, 1.165) is 35.7 Å². The van der Waals surface area contributed by atoms with Crippen molar-refractivity contribution >= 4 is 22.7 Å². The minimum atomic E-state index is -0.940. The van der Waals surface area contributed by atoms with E-state index in [1.807, 2.05) is 42.7 Å². The molecule has 2 saturated heterocycles. The molecule has 2 saturated carbocycles. The van der Waals surface area contributed by atoms with Crippen LogP contribution in [0.4, 0.5) is 0 Å². The molecule has 8 heteroatoms. The fourth-order valence-corrected chi connectivity index (χ4v) is 8.41. The summed E-state index contributed by atoms with van der Waals surface area (Å²) >= 11 is 0. The van der Waals surface area contributed by atoms with Gasteiger partial charge in [0.15, 0.2) is 5.69 Å². The lowest BCUT2D eigenvalue weighted by molar-refractivity contribution is -0.136. The molecule has 4 bridgehead atoms. The van der Waals surface area contributed by atoms with Gasteiger partial charge >= 0.3 is 5.97 Å². The maximum atomic E-state index is 14.2. The molecule has 216 valence electrons. The van der Waals surface area contributed by atoms with E-state index in [-0.39, 0.29) is 36.2 Å². The molecule has 0 amide bonds. The lowest BCUT2D eigenvalue weighted by Crippen LogP contribution is -2.52. The first kappa shape index (κ1) is 27.4. The number of fused-ring (bicyclic) bond motifs is 5. The quantitative estimate of drug-likeness (QED) is 0.325. The second-order valence-electron chi connectivity index (χ2n) is 13.0. The second-order valence-corrected chi connectivity index (χ2v) is 13.0. The Kier molecular flexibility index (Phi) is 7.98. The Morgan fingerprint density at radius 2 is 1.62 bits per heavy atom. The number of carboxylic acids is 1. The average molecular weight is 549 g/mol. The number of aliphatic carboxylic acids is 1. The zero-order valence-corrected chi connectivity index (χ0v) is 24.0. The minimum Gasteiger partial charge on any atom is -0.481 e. The zero-order valence-electron chi connectivity index (χ0n) is 24.0. The molecule has 4 unspecified atom stereocenters. The van der Waals surface area contributed by atoms with Gasteiger partial charge in [-0.1, -0.05) is 43.0 Å². The van der Waals surface area contributed by atoms with E-state index in [2.05, 4.69) is 10.1 Å². The standard InChI is InChI=1S/C32H44N4O4/c1-20(2)40-34-28(13-14-30(37)38)31-32(39)36(29-10-6-5-9-27(29)33-31)26-18-23-11-12-24(19-26)35(23)25-16-21-7-3-4-8-22(15-21)17-25/h5-6,9-10,20-26H,3-4,7-8,11-19H2,1-2H3,(H,37,38)/b34-28+. The molecule has 2 aromatic rings. The van der Waals surface area contributed by atoms with Crippen LogP contribution < -0.4 is 5.56 Å². The van der Waals surface area contributed by atoms with Crippen molar-refractivity contribution < 1.29 is 14.7 Å². The number of carbonyl (C=O) groups is 1. The number of hydrogen-bond donors (Lipinski definition) is 1. The number of hydrogen-bond acceptors (Lipinski definition) is 6. The summed E-state index contributed by atoms with van der Waals surface area (Å²) in [5, 5.41) is 13.6. The Hall–Kier alpha value is -2.74. The Labute approximate surface area is 236 Å². The molecule has 1 N–H and O–H groups in total. The topological polar surface area (TPSA) is 97.0 Å². The molecule has 0 radical (unpaired) electrons. The van der Waals surface area contributed by atoms with E-state index in [1.54, 1.807) is 0 Å². The van der Waals surface area contributed by atoms with Gasteiger partial charge in [0, 0.05) is 30.6 Å². The van der Waals surface area contributed by atoms with Crippen molar-refractivity contribution in [1.29, 1.82) is 0 Å². The molecule has 4 atom stereocenters. The summed E-state index contributed by atoms with van der Waals surface area (Å²) in [5.74, 6) is 0.855. The van der Waals surface area contributed by atoms with Crippen molar-refractivity contribution in [3.63, 3.8) is 0 Å². The molecule has 2 aliphatic heterocycles. The number of rotatable bonds is 8. The molecule has 1 aromatic heterocycles. The summed E-state index contributed by atoms with van der Waals surface area (Å²) in [4.78, 5) is 38.7. The van der Waals surface area contributed by atoms with Gasteiger partial charge in [-0.3, -0.25) is 14.5 Å². The van der Waals surface area contributed by atoms with E-state index in [4.69, 9.17) is 9.82 Å². The van der Waals surface area contributed by atoms with Crippen LogP contribution in [0.3, 0.4) is 0 Å². The Morgan fingerprint density at radius 1 is 0.950 bits per heavy atom. The van der Waals surface area contributed by atoms with Crippen LogP contribution in [0.1, 0.15) is 109 Å². The molecule has 8 nitrogen and oxygen atoms in total. The van der Waals surface area contributed by atoms with Gasteiger partial charge in [0.25, 0.3) is 5.56 Å². The van der Waals surface area contributed by atoms with E-state index >= 15 is 0 Å². The molecule has 0 spiro atoms. The number of para-hydroxylation sites is 2. The fourth-order valence-electron chi connectivity index (χ4n) is 8.41. The molecule has 40 heavy (non-hydrogen) atoms. The third-order valence-electron chi connectivity index (χ3n) is 9.92. The zero-order chi connectivity index (χ0) is 27.8. The molecule has 1 aromatic carbocycles. The van der Waals surface area contributed by atoms with Crippen molar-refractivity contribution in [3.8, 4) is 0 Å². The highest BCUT2D eigenvalue weighted by Gasteiger charge is 2.47. The Bertz CT molecular complexity index is 1290. The van der Waals surface area contributed by atoms with Crippen LogP contribution in [-0.2, 0) is 9.63 Å². The predicted molar refractivity (Wildman–Crippen MR) is 156 cm³/mol. The Morgan fingerprint density at radius 3 is 2.27 bits per heavy atom. The monoisotopic (exact) mass is 548 g/mol. The van der Waals surface area contributed by atoms with Gasteiger partial charge in [-0.15, -0.1) is 0 Å². The molecule has 2 aliphatic carbocycles. The summed E-state index contributed by atoms with van der Waals surface area (Å²) in [6.07, 6.45) is 13.9. The van der Waals surface area contributed by atoms with E-state index in [0.29, 0.717) is 23.8 Å². The number of benzene rings is 1. The van der Waals surface area contributed by atoms with Crippen molar-refractivity contribution in [3.05, 3.63) is 40.3 Å². The number of piperidine rings is 1. The van der Waals surface area contributed by atoms with Gasteiger partial charge in [0.05, 0.1) is 17.5 Å². The van der Waals surface area contributed by atoms with Gasteiger partial charge in [-0.2, -0.15) is 0 Å². The highest BCUT2D eigenvalue weighted by Crippen LogP contribution is 2.48. The summed E-state index contributed by atoms with van der Waals surface area (Å²) in [6, 6.07) is 9.64. The van der Waals surface area contributed by atoms with Crippen LogP contribution in [0.2, 0.25) is 0 Å². The molecular weight excluding hydrogens is 504 g/mol. The SMILES string of the molecule is CC(C)O/N=C(\CCC(=O)O)c1nc2ccccc2n(C2CC3CCC(C2)N3C2CC3CCCCC(C3)C2)c1=O. The van der Waals surface area contributed by atoms with Crippen molar-refractivity contribution in [2.24, 2.45) is 17.0 Å². The third-order valence-corrected chi connectivity index (χ3v) is 9.92. The second kappa shape index (κ2) is 11.6. The maximum absolute atomic E-state index is 14.2. The fraction of sp³-hybridized carbons (Fsp3) is 0.688. The average Bonchev–Trinajstić information content (AvgIpc) is 3.08. The summed E-state index contributed by atoms with van der Waals surface area (Å²) in [7, 11) is 0. The van der Waals surface area contributed by atoms with Crippen LogP contribution in [0.5, 0.6) is 0 Å². The van der Waals surface area contributed by atoms with Crippen LogP contribution in [-0.4, -0.2) is 55.5 Å². The van der Waals surface area contributed by atoms with Crippen LogP contribution in [0.25, 0.3) is 11.0 Å². The summed E-state index contributed by atoms with van der Waals surface area (Å²) in [6.45, 7) is 3.71. The molecule has 3 heterocycles. The first-order valence-corrected chi connectivity index (χ1v) is 15.6. The van der Waals surface area contributed by atoms with Crippen LogP contribution in [0.15, 0.2) is 34.2 Å². The molecule has 6 rings (SSSR count). The highest BCUT2D eigenvalue weighted by molar-refractivity contribution is 6.00. The van der Waals surface area contributed by atoms with Crippen LogP contribution >= 0.6 is 0 Å². The normalized spacial score (nSPS) is 30.9. The van der Waals surface area contributed by atoms with Crippen LogP contribution in [0, 0.1) is 11.8 Å². The summed E-state index contributed by atoms with van der Waals surface area (Å²) < 4.78 is 1.96. The van der Waals surface area contributed by atoms with Gasteiger partial charge < -0.3 is 14.5 Å². The third kappa shape index (κ3) is 5.56. The number of oxime groups is 1. The van der Waals surface area contributed by atoms with Gasteiger partial charge in [-0.25, -0.2) is 4.98 Å². The maximum Gasteiger partial charge on any atom is 0.303 e. The highest BCUT2D eigenvalue weighted by atomic mass is 16.6. The van der Waals surface area contributed by atoms with Gasteiger partial charge in [0.2, 0.25) is 0 Å².